The molecule has 0 radical (unpaired) electrons. The quantitative estimate of drug-likeness (QED) is 0.430. The minimum Gasteiger partial charge on any atom is -0.0619 e. The van der Waals surface area contributed by atoms with E-state index in [2.05, 4.69) is 80.6 Å². The Hall–Kier alpha value is -2.34. The van der Waals surface area contributed by atoms with E-state index in [0.29, 0.717) is 5.92 Å². The summed E-state index contributed by atoms with van der Waals surface area (Å²) in [6.45, 7) is 4.46. The first-order chi connectivity index (χ1) is 10.3. The van der Waals surface area contributed by atoms with Crippen LogP contribution >= 0.6 is 0 Å². The molecule has 0 saturated carbocycles. The molecule has 3 aromatic carbocycles. The zero-order valence-electron chi connectivity index (χ0n) is 12.4. The van der Waals surface area contributed by atoms with E-state index < -0.39 is 0 Å². The molecule has 3 aromatic rings. The van der Waals surface area contributed by atoms with Crippen LogP contribution in [-0.4, -0.2) is 0 Å². The Morgan fingerprint density at radius 3 is 1.57 bits per heavy atom. The van der Waals surface area contributed by atoms with Crippen LogP contribution in [0.5, 0.6) is 0 Å². The van der Waals surface area contributed by atoms with Crippen molar-refractivity contribution in [3.05, 3.63) is 94.5 Å². The maximum atomic E-state index is 2.28. The van der Waals surface area contributed by atoms with Crippen LogP contribution in [0.1, 0.15) is 33.7 Å². The highest BCUT2D eigenvalue weighted by Crippen LogP contribution is 2.49. The van der Waals surface area contributed by atoms with E-state index in [1.807, 2.05) is 0 Å². The van der Waals surface area contributed by atoms with Crippen molar-refractivity contribution in [3.8, 4) is 11.1 Å². The van der Waals surface area contributed by atoms with Crippen molar-refractivity contribution in [1.82, 2.24) is 0 Å². The van der Waals surface area contributed by atoms with Crippen LogP contribution in [-0.2, 0) is 0 Å². The van der Waals surface area contributed by atoms with Crippen molar-refractivity contribution in [2.75, 3.05) is 0 Å². The van der Waals surface area contributed by atoms with Gasteiger partial charge in [0.25, 0.3) is 0 Å². The number of rotatable bonds is 1. The largest absolute Gasteiger partial charge is 0.0619 e. The van der Waals surface area contributed by atoms with Gasteiger partial charge in [-0.25, -0.2) is 0 Å². The van der Waals surface area contributed by atoms with Gasteiger partial charge in [-0.05, 0) is 52.8 Å². The van der Waals surface area contributed by atoms with Crippen LogP contribution < -0.4 is 0 Å². The van der Waals surface area contributed by atoms with Gasteiger partial charge in [-0.3, -0.25) is 0 Å². The van der Waals surface area contributed by atoms with Gasteiger partial charge in [0.15, 0.2) is 0 Å². The summed E-state index contributed by atoms with van der Waals surface area (Å²) in [5, 5.41) is 0. The van der Waals surface area contributed by atoms with Crippen LogP contribution in [0.25, 0.3) is 11.1 Å². The molecule has 0 N–H and O–H groups in total. The Kier molecular flexibility index (Phi) is 2.71. The topological polar surface area (TPSA) is 0 Å². The molecule has 1 aliphatic rings. The van der Waals surface area contributed by atoms with E-state index in [-0.39, 0.29) is 0 Å². The zero-order chi connectivity index (χ0) is 14.4. The lowest BCUT2D eigenvalue weighted by molar-refractivity contribution is 0.979. The van der Waals surface area contributed by atoms with E-state index in [4.69, 9.17) is 0 Å². The van der Waals surface area contributed by atoms with Gasteiger partial charge in [0.1, 0.15) is 0 Å². The molecule has 0 nitrogen and oxygen atoms in total. The summed E-state index contributed by atoms with van der Waals surface area (Å²) < 4.78 is 0. The molecule has 102 valence electrons. The number of hydrogen-bond donors (Lipinski definition) is 0. The summed E-state index contributed by atoms with van der Waals surface area (Å²) in [6, 6.07) is 24.3. The Morgan fingerprint density at radius 1 is 0.571 bits per heavy atom. The Labute approximate surface area is 126 Å². The van der Waals surface area contributed by atoms with E-state index >= 15 is 0 Å². The monoisotopic (exact) mass is 270 g/mol. The third-order valence-electron chi connectivity index (χ3n) is 4.66. The van der Waals surface area contributed by atoms with Gasteiger partial charge < -0.3 is 0 Å². The van der Waals surface area contributed by atoms with E-state index in [9.17, 15) is 0 Å². The second-order valence-corrected chi connectivity index (χ2v) is 5.91. The minimum atomic E-state index is 0.374. The number of fused-ring (bicyclic) bond motifs is 3. The molecule has 0 aromatic heterocycles. The summed E-state index contributed by atoms with van der Waals surface area (Å²) >= 11 is 0. The zero-order valence-corrected chi connectivity index (χ0v) is 12.4. The molecule has 0 saturated heterocycles. The second kappa shape index (κ2) is 4.60. The van der Waals surface area contributed by atoms with Gasteiger partial charge >= 0.3 is 0 Å². The molecule has 0 aliphatic heterocycles. The van der Waals surface area contributed by atoms with Gasteiger partial charge in [0, 0.05) is 5.92 Å². The van der Waals surface area contributed by atoms with Crippen molar-refractivity contribution in [2.24, 2.45) is 0 Å². The maximum Gasteiger partial charge on any atom is 0.0357 e. The molecule has 0 fully saturated rings. The number of aryl methyl sites for hydroxylation is 2. The highest BCUT2D eigenvalue weighted by Gasteiger charge is 2.30. The van der Waals surface area contributed by atoms with E-state index in [1.165, 1.54) is 38.9 Å². The Morgan fingerprint density at radius 2 is 1.05 bits per heavy atom. The van der Waals surface area contributed by atoms with Crippen LogP contribution in [0, 0.1) is 13.8 Å². The molecule has 0 amide bonds. The SMILES string of the molecule is Cc1cccc(C)c1C1c2ccccc2-c2ccccc21. The van der Waals surface area contributed by atoms with Gasteiger partial charge in [-0.15, -0.1) is 0 Å². The summed E-state index contributed by atoms with van der Waals surface area (Å²) in [5.74, 6) is 0.374. The molecule has 0 heteroatoms. The maximum absolute atomic E-state index is 2.28. The van der Waals surface area contributed by atoms with E-state index in [1.54, 1.807) is 0 Å². The van der Waals surface area contributed by atoms with Crippen molar-refractivity contribution in [2.45, 2.75) is 19.8 Å². The third kappa shape index (κ3) is 1.76. The molecule has 21 heavy (non-hydrogen) atoms. The van der Waals surface area contributed by atoms with Gasteiger partial charge in [-0.2, -0.15) is 0 Å². The fourth-order valence-electron chi connectivity index (χ4n) is 3.75. The van der Waals surface area contributed by atoms with Gasteiger partial charge in [0.2, 0.25) is 0 Å². The first-order valence-electron chi connectivity index (χ1n) is 7.51. The first kappa shape index (κ1) is 12.4. The average Bonchev–Trinajstić information content (AvgIpc) is 2.83. The van der Waals surface area contributed by atoms with E-state index in [0.717, 1.165) is 0 Å². The molecule has 1 aliphatic carbocycles. The highest BCUT2D eigenvalue weighted by molar-refractivity contribution is 5.81. The molecule has 4 rings (SSSR count). The first-order valence-corrected chi connectivity index (χ1v) is 7.51. The van der Waals surface area contributed by atoms with Crippen LogP contribution in [0.4, 0.5) is 0 Å². The average molecular weight is 270 g/mol. The summed E-state index contributed by atoms with van der Waals surface area (Å²) in [4.78, 5) is 0. The lowest BCUT2D eigenvalue weighted by Gasteiger charge is -2.19. The molecular weight excluding hydrogens is 252 g/mol. The summed E-state index contributed by atoms with van der Waals surface area (Å²) in [6.07, 6.45) is 0. The fourth-order valence-corrected chi connectivity index (χ4v) is 3.75. The van der Waals surface area contributed by atoms with Crippen molar-refractivity contribution in [3.63, 3.8) is 0 Å². The molecule has 0 unspecified atom stereocenters. The lowest BCUT2D eigenvalue weighted by Crippen LogP contribution is -2.04. The number of benzene rings is 3. The standard InChI is InChI=1S/C21H18/c1-14-8-7-9-15(2)20(14)21-18-12-5-3-10-16(18)17-11-4-6-13-19(17)21/h3-13,21H,1-2H3. The summed E-state index contributed by atoms with van der Waals surface area (Å²) in [5.41, 5.74) is 9.89. The Balaban J connectivity index is 2.06. The van der Waals surface area contributed by atoms with Crippen LogP contribution in [0.3, 0.4) is 0 Å². The lowest BCUT2D eigenvalue weighted by atomic mass is 9.84. The van der Waals surface area contributed by atoms with Crippen LogP contribution in [0.2, 0.25) is 0 Å². The molecule has 0 heterocycles. The third-order valence-corrected chi connectivity index (χ3v) is 4.66. The summed E-state index contributed by atoms with van der Waals surface area (Å²) in [7, 11) is 0. The molecule has 0 atom stereocenters. The molecule has 0 bridgehead atoms. The van der Waals surface area contributed by atoms with Crippen molar-refractivity contribution in [1.29, 1.82) is 0 Å². The van der Waals surface area contributed by atoms with Gasteiger partial charge in [-0.1, -0.05) is 66.7 Å². The predicted octanol–water partition coefficient (Wildman–Crippen LogP) is 5.46. The molecular formula is C21H18. The second-order valence-electron chi connectivity index (χ2n) is 5.91. The minimum absolute atomic E-state index is 0.374. The smallest absolute Gasteiger partial charge is 0.0357 e. The highest BCUT2D eigenvalue weighted by atomic mass is 14.3. The van der Waals surface area contributed by atoms with Crippen molar-refractivity contribution < 1.29 is 0 Å². The predicted molar refractivity (Wildman–Crippen MR) is 88.7 cm³/mol. The fraction of sp³-hybridized carbons (Fsp3) is 0.143. The van der Waals surface area contributed by atoms with Crippen molar-refractivity contribution >= 4 is 0 Å². The molecule has 0 spiro atoms. The number of hydrogen-bond acceptors (Lipinski definition) is 0. The Bertz CT molecular complexity index is 761. The van der Waals surface area contributed by atoms with Crippen LogP contribution in [0.15, 0.2) is 66.7 Å². The van der Waals surface area contributed by atoms with Gasteiger partial charge in [0.05, 0.1) is 0 Å². The normalized spacial score (nSPS) is 13.0.